The Morgan fingerprint density at radius 2 is 1.58 bits per heavy atom. The smallest absolute Gasteiger partial charge is 0.135 e. The maximum absolute atomic E-state index is 5.20. The molecule has 0 saturated heterocycles. The third-order valence-corrected chi connectivity index (χ3v) is 3.50. The summed E-state index contributed by atoms with van der Waals surface area (Å²) in [6.07, 6.45) is 0. The number of benzene rings is 2. The molecule has 0 aliphatic heterocycles. The molecule has 0 aliphatic rings. The normalized spacial score (nSPS) is 11.4. The summed E-state index contributed by atoms with van der Waals surface area (Å²) in [4.78, 5) is 0. The van der Waals surface area contributed by atoms with Gasteiger partial charge in [0.15, 0.2) is 0 Å². The molecule has 0 amide bonds. The van der Waals surface area contributed by atoms with E-state index >= 15 is 0 Å². The minimum Gasteiger partial charge on any atom is -0.497 e. The van der Waals surface area contributed by atoms with Gasteiger partial charge >= 0.3 is 0 Å². The standard InChI is InChI=1S/C17H22NO/c1-14-7-5-6-8-17(14)18(2,3)13-15-9-11-16(19-4)12-10-15/h5-12H,13H2,1-4H3/q+1. The average Bonchev–Trinajstić information content (AvgIpc) is 2.39. The molecule has 0 spiro atoms. The fraction of sp³-hybridized carbons (Fsp3) is 0.294. The van der Waals surface area contributed by atoms with Gasteiger partial charge in [0.2, 0.25) is 0 Å². The summed E-state index contributed by atoms with van der Waals surface area (Å²) in [5, 5.41) is 0. The number of methoxy groups -OCH3 is 1. The van der Waals surface area contributed by atoms with Gasteiger partial charge in [-0.05, 0) is 37.3 Å². The number of hydrogen-bond donors (Lipinski definition) is 0. The molecule has 0 heterocycles. The van der Waals surface area contributed by atoms with Gasteiger partial charge in [0.25, 0.3) is 0 Å². The molecule has 0 bridgehead atoms. The molecule has 0 N–H and O–H groups in total. The molecular formula is C17H22NO+. The largest absolute Gasteiger partial charge is 0.497 e. The van der Waals surface area contributed by atoms with Crippen LogP contribution in [-0.2, 0) is 6.54 Å². The first-order valence-electron chi connectivity index (χ1n) is 6.55. The SMILES string of the molecule is COc1ccc(C[N+](C)(C)c2ccccc2C)cc1. The maximum Gasteiger partial charge on any atom is 0.135 e. The van der Waals surface area contributed by atoms with Crippen molar-refractivity contribution in [2.24, 2.45) is 0 Å². The zero-order valence-electron chi connectivity index (χ0n) is 12.2. The van der Waals surface area contributed by atoms with Crippen molar-refractivity contribution in [1.29, 1.82) is 0 Å². The van der Waals surface area contributed by atoms with Gasteiger partial charge in [-0.1, -0.05) is 18.2 Å². The third-order valence-electron chi connectivity index (χ3n) is 3.50. The highest BCUT2D eigenvalue weighted by Crippen LogP contribution is 2.26. The number of rotatable bonds is 4. The van der Waals surface area contributed by atoms with E-state index in [-0.39, 0.29) is 0 Å². The summed E-state index contributed by atoms with van der Waals surface area (Å²) < 4.78 is 6.04. The lowest BCUT2D eigenvalue weighted by Gasteiger charge is -2.30. The van der Waals surface area contributed by atoms with E-state index in [1.165, 1.54) is 16.8 Å². The summed E-state index contributed by atoms with van der Waals surface area (Å²) in [6.45, 7) is 3.14. The van der Waals surface area contributed by atoms with Crippen LogP contribution in [0.25, 0.3) is 0 Å². The predicted octanol–water partition coefficient (Wildman–Crippen LogP) is 3.77. The van der Waals surface area contributed by atoms with Crippen LogP contribution in [0.1, 0.15) is 11.1 Å². The van der Waals surface area contributed by atoms with Crippen LogP contribution in [0.15, 0.2) is 48.5 Å². The topological polar surface area (TPSA) is 9.23 Å². The predicted molar refractivity (Wildman–Crippen MR) is 81.5 cm³/mol. The highest BCUT2D eigenvalue weighted by atomic mass is 16.5. The average molecular weight is 256 g/mol. The monoisotopic (exact) mass is 256 g/mol. The second kappa shape index (κ2) is 5.45. The molecule has 2 aromatic carbocycles. The van der Waals surface area contributed by atoms with E-state index in [1.807, 2.05) is 12.1 Å². The minimum absolute atomic E-state index is 0.846. The fourth-order valence-corrected chi connectivity index (χ4v) is 2.52. The Morgan fingerprint density at radius 1 is 0.947 bits per heavy atom. The molecule has 0 aromatic heterocycles. The molecule has 19 heavy (non-hydrogen) atoms. The molecule has 0 radical (unpaired) electrons. The number of nitrogens with zero attached hydrogens (tertiary/aromatic N) is 1. The molecule has 2 rings (SSSR count). The van der Waals surface area contributed by atoms with E-state index in [0.717, 1.165) is 16.8 Å². The maximum atomic E-state index is 5.20. The second-order valence-corrected chi connectivity index (χ2v) is 5.48. The van der Waals surface area contributed by atoms with E-state index in [2.05, 4.69) is 57.4 Å². The zero-order chi connectivity index (χ0) is 13.9. The van der Waals surface area contributed by atoms with E-state index < -0.39 is 0 Å². The van der Waals surface area contributed by atoms with Crippen LogP contribution in [0.4, 0.5) is 5.69 Å². The molecular weight excluding hydrogens is 234 g/mol. The zero-order valence-corrected chi connectivity index (χ0v) is 12.2. The highest BCUT2D eigenvalue weighted by Gasteiger charge is 2.21. The number of aryl methyl sites for hydroxylation is 1. The van der Waals surface area contributed by atoms with Gasteiger partial charge in [0, 0.05) is 11.1 Å². The minimum atomic E-state index is 0.846. The van der Waals surface area contributed by atoms with E-state index in [4.69, 9.17) is 4.74 Å². The van der Waals surface area contributed by atoms with Crippen molar-refractivity contribution in [3.8, 4) is 5.75 Å². The first-order chi connectivity index (χ1) is 9.03. The molecule has 2 heteroatoms. The van der Waals surface area contributed by atoms with Crippen molar-refractivity contribution in [2.75, 3.05) is 21.2 Å². The van der Waals surface area contributed by atoms with Crippen molar-refractivity contribution < 1.29 is 4.74 Å². The molecule has 2 nitrogen and oxygen atoms in total. The summed E-state index contributed by atoms with van der Waals surface area (Å²) in [6, 6.07) is 16.9. The summed E-state index contributed by atoms with van der Waals surface area (Å²) in [5.74, 6) is 0.907. The molecule has 0 unspecified atom stereocenters. The first-order valence-corrected chi connectivity index (χ1v) is 6.55. The van der Waals surface area contributed by atoms with Gasteiger partial charge < -0.3 is 4.74 Å². The molecule has 0 aliphatic carbocycles. The second-order valence-electron chi connectivity index (χ2n) is 5.48. The summed E-state index contributed by atoms with van der Waals surface area (Å²) >= 11 is 0. The van der Waals surface area contributed by atoms with Crippen LogP contribution in [0.3, 0.4) is 0 Å². The lowest BCUT2D eigenvalue weighted by Crippen LogP contribution is -2.40. The van der Waals surface area contributed by atoms with Crippen molar-refractivity contribution >= 4 is 5.69 Å². The van der Waals surface area contributed by atoms with Crippen molar-refractivity contribution in [3.05, 3.63) is 59.7 Å². The van der Waals surface area contributed by atoms with Crippen LogP contribution >= 0.6 is 0 Å². The summed E-state index contributed by atoms with van der Waals surface area (Å²) in [7, 11) is 6.18. The Balaban J connectivity index is 2.23. The molecule has 0 atom stereocenters. The lowest BCUT2D eigenvalue weighted by molar-refractivity contribution is 0.388. The Morgan fingerprint density at radius 3 is 2.16 bits per heavy atom. The van der Waals surface area contributed by atoms with Crippen LogP contribution in [0.2, 0.25) is 0 Å². The lowest BCUT2D eigenvalue weighted by atomic mass is 10.1. The van der Waals surface area contributed by atoms with Crippen molar-refractivity contribution in [1.82, 2.24) is 4.48 Å². The molecule has 100 valence electrons. The van der Waals surface area contributed by atoms with Gasteiger partial charge in [-0.3, -0.25) is 4.48 Å². The number of hydrogen-bond acceptors (Lipinski definition) is 1. The molecule has 0 fully saturated rings. The van der Waals surface area contributed by atoms with Gasteiger partial charge in [-0.25, -0.2) is 0 Å². The van der Waals surface area contributed by atoms with E-state index in [9.17, 15) is 0 Å². The van der Waals surface area contributed by atoms with Crippen molar-refractivity contribution in [3.63, 3.8) is 0 Å². The first kappa shape index (κ1) is 13.6. The third kappa shape index (κ3) is 3.15. The molecule has 2 aromatic rings. The highest BCUT2D eigenvalue weighted by molar-refractivity contribution is 5.49. The Labute approximate surface area is 115 Å². The number of quaternary nitrogens is 1. The number of para-hydroxylation sites is 1. The molecule has 0 saturated carbocycles. The number of ether oxygens (including phenoxy) is 1. The quantitative estimate of drug-likeness (QED) is 0.757. The van der Waals surface area contributed by atoms with Crippen LogP contribution in [0, 0.1) is 6.92 Å². The van der Waals surface area contributed by atoms with Gasteiger partial charge in [-0.2, -0.15) is 0 Å². The van der Waals surface area contributed by atoms with E-state index in [1.54, 1.807) is 7.11 Å². The van der Waals surface area contributed by atoms with Crippen molar-refractivity contribution in [2.45, 2.75) is 13.5 Å². The summed E-state index contributed by atoms with van der Waals surface area (Å²) in [5.41, 5.74) is 4.01. The van der Waals surface area contributed by atoms with Gasteiger partial charge in [-0.15, -0.1) is 0 Å². The van der Waals surface area contributed by atoms with Gasteiger partial charge in [0.05, 0.1) is 21.2 Å². The fourth-order valence-electron chi connectivity index (χ4n) is 2.52. The van der Waals surface area contributed by atoms with Crippen LogP contribution < -0.4 is 9.22 Å². The Bertz CT molecular complexity index is 543. The van der Waals surface area contributed by atoms with Gasteiger partial charge in [0.1, 0.15) is 18.0 Å². The Hall–Kier alpha value is -1.80. The van der Waals surface area contributed by atoms with Crippen LogP contribution in [0.5, 0.6) is 5.75 Å². The van der Waals surface area contributed by atoms with Crippen LogP contribution in [-0.4, -0.2) is 21.2 Å². The Kier molecular flexibility index (Phi) is 3.91. The van der Waals surface area contributed by atoms with E-state index in [0.29, 0.717) is 0 Å².